The molecule has 2 heterocycles. The molecule has 1 aromatic heterocycles. The van der Waals surface area contributed by atoms with Crippen molar-refractivity contribution in [2.75, 3.05) is 13.6 Å². The van der Waals surface area contributed by atoms with Gasteiger partial charge >= 0.3 is 0 Å². The summed E-state index contributed by atoms with van der Waals surface area (Å²) < 4.78 is 8.54. The minimum Gasteiger partial charge on any atom is -0.486 e. The maximum Gasteiger partial charge on any atom is 0.124 e. The molecule has 0 saturated heterocycles. The average molecular weight is 340 g/mol. The van der Waals surface area contributed by atoms with Gasteiger partial charge in [0.05, 0.1) is 6.20 Å². The molecule has 0 amide bonds. The Bertz CT molecular complexity index is 718. The quantitative estimate of drug-likeness (QED) is 0.933. The molecule has 25 heavy (non-hydrogen) atoms. The minimum atomic E-state index is -0.0673. The number of aromatic nitrogens is 2. The number of fused-ring (bicyclic) bond motifs is 1. The Morgan fingerprint density at radius 3 is 2.80 bits per heavy atom. The Hall–Kier alpha value is -1.85. The smallest absolute Gasteiger partial charge is 0.124 e. The van der Waals surface area contributed by atoms with Crippen molar-refractivity contribution in [3.05, 3.63) is 47.8 Å². The molecular weight excluding hydrogens is 312 g/mol. The lowest BCUT2D eigenvalue weighted by Gasteiger charge is -2.41. The van der Waals surface area contributed by atoms with E-state index in [9.17, 15) is 0 Å². The van der Waals surface area contributed by atoms with E-state index >= 15 is 0 Å². The van der Waals surface area contributed by atoms with Crippen LogP contribution in [0.15, 0.2) is 36.7 Å². The van der Waals surface area contributed by atoms with Crippen molar-refractivity contribution < 1.29 is 4.74 Å². The Morgan fingerprint density at radius 2 is 2.08 bits per heavy atom. The first-order chi connectivity index (χ1) is 12.2. The summed E-state index contributed by atoms with van der Waals surface area (Å²) in [6.07, 6.45) is 8.66. The van der Waals surface area contributed by atoms with E-state index in [2.05, 4.69) is 52.8 Å². The highest BCUT2D eigenvalue weighted by atomic mass is 16.5. The lowest BCUT2D eigenvalue weighted by molar-refractivity contribution is -0.00321. The Labute approximate surface area is 150 Å². The molecule has 2 aliphatic rings. The van der Waals surface area contributed by atoms with Crippen LogP contribution >= 0.6 is 0 Å². The number of nitrogens with zero attached hydrogens (tertiary/aromatic N) is 3. The normalized spacial score (nSPS) is 26.9. The van der Waals surface area contributed by atoms with Gasteiger partial charge in [0, 0.05) is 50.0 Å². The molecule has 1 fully saturated rings. The summed E-state index contributed by atoms with van der Waals surface area (Å²) >= 11 is 0. The fraction of sp³-hybridized carbons (Fsp3) is 0.550. The molecule has 5 nitrogen and oxygen atoms in total. The SMILES string of the molecule is CNC1CCC2(CC1)CN(Cc1cnn(C)c1)Cc1ccccc1O2. The van der Waals surface area contributed by atoms with E-state index in [0.29, 0.717) is 6.04 Å². The number of nitrogens with one attached hydrogen (secondary N) is 1. The van der Waals surface area contributed by atoms with Crippen LogP contribution in [0, 0.1) is 0 Å². The zero-order valence-electron chi connectivity index (χ0n) is 15.2. The second-order valence-corrected chi connectivity index (χ2v) is 7.62. The summed E-state index contributed by atoms with van der Waals surface area (Å²) in [4.78, 5) is 2.53. The minimum absolute atomic E-state index is 0.0673. The van der Waals surface area contributed by atoms with Crippen LogP contribution in [0.3, 0.4) is 0 Å². The maximum absolute atomic E-state index is 6.66. The molecule has 5 heteroatoms. The van der Waals surface area contributed by atoms with Crippen molar-refractivity contribution in [1.29, 1.82) is 0 Å². The first kappa shape index (κ1) is 16.6. The van der Waals surface area contributed by atoms with E-state index in [1.165, 1.54) is 24.0 Å². The number of hydrogen-bond acceptors (Lipinski definition) is 4. The molecule has 1 aromatic carbocycles. The van der Waals surface area contributed by atoms with Crippen molar-refractivity contribution in [3.63, 3.8) is 0 Å². The third kappa shape index (κ3) is 3.58. The largest absolute Gasteiger partial charge is 0.486 e. The first-order valence-electron chi connectivity index (χ1n) is 9.30. The second kappa shape index (κ2) is 6.81. The van der Waals surface area contributed by atoms with Crippen molar-refractivity contribution in [1.82, 2.24) is 20.0 Å². The Balaban J connectivity index is 1.59. The van der Waals surface area contributed by atoms with Gasteiger partial charge in [-0.25, -0.2) is 0 Å². The van der Waals surface area contributed by atoms with Crippen LogP contribution < -0.4 is 10.1 Å². The third-order valence-electron chi connectivity index (χ3n) is 5.67. The Morgan fingerprint density at radius 1 is 1.28 bits per heavy atom. The molecule has 4 rings (SSSR count). The summed E-state index contributed by atoms with van der Waals surface area (Å²) in [5.41, 5.74) is 2.49. The molecule has 0 unspecified atom stereocenters. The van der Waals surface area contributed by atoms with Crippen LogP contribution in [0.4, 0.5) is 0 Å². The second-order valence-electron chi connectivity index (χ2n) is 7.62. The molecule has 134 valence electrons. The average Bonchev–Trinajstić information content (AvgIpc) is 2.95. The van der Waals surface area contributed by atoms with Crippen LogP contribution in [0.2, 0.25) is 0 Å². The summed E-state index contributed by atoms with van der Waals surface area (Å²) in [5.74, 6) is 1.07. The van der Waals surface area contributed by atoms with Crippen molar-refractivity contribution in [2.45, 2.75) is 50.4 Å². The van der Waals surface area contributed by atoms with Gasteiger partial charge < -0.3 is 10.1 Å². The van der Waals surface area contributed by atoms with Crippen molar-refractivity contribution in [2.24, 2.45) is 7.05 Å². The lowest BCUT2D eigenvalue weighted by atomic mass is 9.81. The van der Waals surface area contributed by atoms with Gasteiger partial charge in [-0.1, -0.05) is 18.2 Å². The van der Waals surface area contributed by atoms with E-state index in [1.807, 2.05) is 17.9 Å². The van der Waals surface area contributed by atoms with E-state index < -0.39 is 0 Å². The lowest BCUT2D eigenvalue weighted by Crippen LogP contribution is -2.50. The zero-order chi connectivity index (χ0) is 17.3. The van der Waals surface area contributed by atoms with Gasteiger partial charge in [0.1, 0.15) is 11.4 Å². The number of para-hydroxylation sites is 1. The summed E-state index contributed by atoms with van der Waals surface area (Å²) in [6, 6.07) is 9.15. The molecule has 0 bridgehead atoms. The van der Waals surface area contributed by atoms with Crippen molar-refractivity contribution in [3.8, 4) is 5.75 Å². The predicted octanol–water partition coefficient (Wildman–Crippen LogP) is 2.72. The molecular formula is C20H28N4O. The molecule has 1 aliphatic carbocycles. The van der Waals surface area contributed by atoms with Crippen LogP contribution in [0.5, 0.6) is 5.75 Å². The van der Waals surface area contributed by atoms with E-state index in [4.69, 9.17) is 4.74 Å². The van der Waals surface area contributed by atoms with Gasteiger partial charge in [-0.15, -0.1) is 0 Å². The highest BCUT2D eigenvalue weighted by molar-refractivity contribution is 5.35. The van der Waals surface area contributed by atoms with Gasteiger partial charge in [-0.2, -0.15) is 5.10 Å². The topological polar surface area (TPSA) is 42.3 Å². The molecule has 1 N–H and O–H groups in total. The monoisotopic (exact) mass is 340 g/mol. The summed E-state index contributed by atoms with van der Waals surface area (Å²) in [7, 11) is 4.05. The fourth-order valence-electron chi connectivity index (χ4n) is 4.32. The number of aryl methyl sites for hydroxylation is 1. The van der Waals surface area contributed by atoms with Gasteiger partial charge in [-0.3, -0.25) is 9.58 Å². The highest BCUT2D eigenvalue weighted by Crippen LogP contribution is 2.38. The van der Waals surface area contributed by atoms with Crippen LogP contribution in [0.25, 0.3) is 0 Å². The molecule has 0 atom stereocenters. The van der Waals surface area contributed by atoms with E-state index in [1.54, 1.807) is 0 Å². The maximum atomic E-state index is 6.66. The molecule has 1 saturated carbocycles. The summed E-state index contributed by atoms with van der Waals surface area (Å²) in [5, 5.41) is 7.76. The van der Waals surface area contributed by atoms with Gasteiger partial charge in [0.15, 0.2) is 0 Å². The number of ether oxygens (including phenoxy) is 1. The van der Waals surface area contributed by atoms with Crippen LogP contribution in [0.1, 0.15) is 36.8 Å². The number of benzene rings is 1. The van der Waals surface area contributed by atoms with Gasteiger partial charge in [-0.05, 0) is 38.8 Å². The van der Waals surface area contributed by atoms with Crippen LogP contribution in [-0.2, 0) is 20.1 Å². The molecule has 2 aromatic rings. The zero-order valence-corrected chi connectivity index (χ0v) is 15.2. The molecule has 0 radical (unpaired) electrons. The number of hydrogen-bond donors (Lipinski definition) is 1. The van der Waals surface area contributed by atoms with E-state index in [0.717, 1.165) is 38.2 Å². The number of rotatable bonds is 3. The van der Waals surface area contributed by atoms with Gasteiger partial charge in [0.25, 0.3) is 0 Å². The van der Waals surface area contributed by atoms with E-state index in [-0.39, 0.29) is 5.60 Å². The predicted molar refractivity (Wildman–Crippen MR) is 98.4 cm³/mol. The first-order valence-corrected chi connectivity index (χ1v) is 9.30. The summed E-state index contributed by atoms with van der Waals surface area (Å²) in [6.45, 7) is 2.83. The van der Waals surface area contributed by atoms with Crippen molar-refractivity contribution >= 4 is 0 Å². The molecule has 1 aliphatic heterocycles. The fourth-order valence-corrected chi connectivity index (χ4v) is 4.32. The molecule has 1 spiro atoms. The highest BCUT2D eigenvalue weighted by Gasteiger charge is 2.40. The Kier molecular flexibility index (Phi) is 4.52. The third-order valence-corrected chi connectivity index (χ3v) is 5.67. The van der Waals surface area contributed by atoms with Crippen LogP contribution in [-0.4, -0.2) is 39.9 Å². The standard InChI is InChI=1S/C20H28N4O/c1-21-18-7-9-20(10-8-18)15-24(13-16-11-22-23(2)12-16)14-17-5-3-4-6-19(17)25-20/h3-6,11-12,18,21H,7-10,13-15H2,1-2H3. The van der Waals surface area contributed by atoms with Gasteiger partial charge in [0.2, 0.25) is 0 Å².